The molecule has 8 nitrogen and oxygen atoms in total. The molecule has 2 aromatic carbocycles. The molecule has 10 heteroatoms. The van der Waals surface area contributed by atoms with Crippen LogP contribution in [0.3, 0.4) is 0 Å². The predicted molar refractivity (Wildman–Crippen MR) is 121 cm³/mol. The van der Waals surface area contributed by atoms with Crippen LogP contribution in [0, 0.1) is 10.1 Å². The molecule has 1 saturated heterocycles. The lowest BCUT2D eigenvalue weighted by Crippen LogP contribution is -2.29. The molecule has 0 aliphatic carbocycles. The fourth-order valence-corrected chi connectivity index (χ4v) is 4.99. The lowest BCUT2D eigenvalue weighted by molar-refractivity contribution is -0.384. The largest absolute Gasteiger partial charge is 0.284 e. The smallest absolute Gasteiger partial charge is 0.282 e. The van der Waals surface area contributed by atoms with Crippen molar-refractivity contribution in [2.75, 3.05) is 6.54 Å². The van der Waals surface area contributed by atoms with Crippen molar-refractivity contribution in [1.82, 2.24) is 4.90 Å². The second-order valence-corrected chi connectivity index (χ2v) is 9.13. The van der Waals surface area contributed by atoms with Crippen molar-refractivity contribution in [1.29, 1.82) is 0 Å². The highest BCUT2D eigenvalue weighted by Gasteiger charge is 2.34. The van der Waals surface area contributed by atoms with E-state index in [2.05, 4.69) is 11.0 Å². The summed E-state index contributed by atoms with van der Waals surface area (Å²) in [7, 11) is -4.04. The average Bonchev–Trinajstić information content (AvgIpc) is 3.02. The van der Waals surface area contributed by atoms with Crippen molar-refractivity contribution in [3.63, 3.8) is 0 Å². The maximum Gasteiger partial charge on any atom is 0.284 e. The first kappa shape index (κ1) is 22.4. The highest BCUT2D eigenvalue weighted by molar-refractivity contribution is 8.19. The summed E-state index contributed by atoms with van der Waals surface area (Å²) in [6.45, 7) is 5.64. The van der Waals surface area contributed by atoms with E-state index in [1.165, 1.54) is 47.4 Å². The Morgan fingerprint density at radius 3 is 2.55 bits per heavy atom. The number of benzene rings is 2. The third kappa shape index (κ3) is 5.09. The summed E-state index contributed by atoms with van der Waals surface area (Å²) in [6, 6.07) is 12.2. The molecule has 1 aliphatic rings. The molecule has 0 unspecified atom stereocenters. The molecule has 31 heavy (non-hydrogen) atoms. The van der Waals surface area contributed by atoms with Crippen molar-refractivity contribution in [3.05, 3.63) is 87.3 Å². The van der Waals surface area contributed by atoms with Crippen molar-refractivity contribution in [2.24, 2.45) is 4.40 Å². The van der Waals surface area contributed by atoms with Gasteiger partial charge in [0, 0.05) is 18.7 Å². The zero-order valence-electron chi connectivity index (χ0n) is 16.6. The molecule has 0 N–H and O–H groups in total. The zero-order chi connectivity index (χ0) is 22.6. The quantitative estimate of drug-likeness (QED) is 0.269. The molecule has 0 bridgehead atoms. The summed E-state index contributed by atoms with van der Waals surface area (Å²) in [5.74, 6) is -0.452. The van der Waals surface area contributed by atoms with Gasteiger partial charge in [-0.15, -0.1) is 11.0 Å². The first-order valence-electron chi connectivity index (χ1n) is 9.26. The first-order valence-corrected chi connectivity index (χ1v) is 11.5. The summed E-state index contributed by atoms with van der Waals surface area (Å²) < 4.78 is 29.4. The van der Waals surface area contributed by atoms with E-state index in [-0.39, 0.29) is 27.2 Å². The maximum absolute atomic E-state index is 12.8. The molecule has 0 aromatic heterocycles. The lowest BCUT2D eigenvalue weighted by Gasteiger charge is -2.12. The van der Waals surface area contributed by atoms with Crippen LogP contribution in [0.15, 0.2) is 75.4 Å². The standard InChI is InChI=1S/C21H19N3O5S2/c1-3-12-23-20(25)19(14-16-6-5-7-17(13-16)24(26)27)30-21(23)22-31(28,29)18-10-8-15(4-2)9-11-18/h3,5-11,13-14H,1,4,12H2,2H3/b19-14+,22-21-. The molecule has 0 saturated carbocycles. The van der Waals surface area contributed by atoms with E-state index in [0.29, 0.717) is 5.56 Å². The minimum atomic E-state index is -4.04. The summed E-state index contributed by atoms with van der Waals surface area (Å²) >= 11 is 0.896. The van der Waals surface area contributed by atoms with Crippen molar-refractivity contribution >= 4 is 44.6 Å². The van der Waals surface area contributed by atoms with Crippen LogP contribution in [0.5, 0.6) is 0 Å². The summed E-state index contributed by atoms with van der Waals surface area (Å²) in [6.07, 6.45) is 3.71. The van der Waals surface area contributed by atoms with Crippen molar-refractivity contribution in [3.8, 4) is 0 Å². The van der Waals surface area contributed by atoms with Gasteiger partial charge in [-0.3, -0.25) is 19.8 Å². The molecular weight excluding hydrogens is 438 g/mol. The number of non-ortho nitro benzene ring substituents is 1. The fraction of sp³-hybridized carbons (Fsp3) is 0.143. The van der Waals surface area contributed by atoms with Crippen LogP contribution in [0.2, 0.25) is 0 Å². The molecule has 3 rings (SSSR count). The monoisotopic (exact) mass is 457 g/mol. The highest BCUT2D eigenvalue weighted by Crippen LogP contribution is 2.34. The van der Waals surface area contributed by atoms with E-state index in [1.807, 2.05) is 6.92 Å². The number of carbonyl (C=O) groups excluding carboxylic acids is 1. The number of nitro benzene ring substituents is 1. The van der Waals surface area contributed by atoms with Crippen LogP contribution >= 0.6 is 11.8 Å². The predicted octanol–water partition coefficient (Wildman–Crippen LogP) is 4.00. The van der Waals surface area contributed by atoms with E-state index < -0.39 is 20.9 Å². The molecule has 2 aromatic rings. The molecule has 1 amide bonds. The second-order valence-electron chi connectivity index (χ2n) is 6.51. The van der Waals surface area contributed by atoms with E-state index in [4.69, 9.17) is 0 Å². The van der Waals surface area contributed by atoms with Crippen LogP contribution in [0.25, 0.3) is 6.08 Å². The van der Waals surface area contributed by atoms with Gasteiger partial charge in [-0.2, -0.15) is 8.42 Å². The number of hydrogen-bond acceptors (Lipinski definition) is 6. The molecular formula is C21H19N3O5S2. The molecule has 0 radical (unpaired) electrons. The summed E-state index contributed by atoms with van der Waals surface area (Å²) in [5, 5.41) is 11.0. The summed E-state index contributed by atoms with van der Waals surface area (Å²) in [5.41, 5.74) is 1.33. The Morgan fingerprint density at radius 2 is 1.94 bits per heavy atom. The highest BCUT2D eigenvalue weighted by atomic mass is 32.2. The van der Waals surface area contributed by atoms with Gasteiger partial charge in [-0.05, 0) is 47.5 Å². The van der Waals surface area contributed by atoms with E-state index in [9.17, 15) is 23.3 Å². The summed E-state index contributed by atoms with van der Waals surface area (Å²) in [4.78, 5) is 24.7. The Kier molecular flexibility index (Phi) is 6.71. The SMILES string of the molecule is C=CCN1C(=O)/C(=C\c2cccc([N+](=O)[O-])c2)S/C1=N\S(=O)(=O)c1ccc(CC)cc1. The molecule has 1 fully saturated rings. The molecule has 0 spiro atoms. The number of hydrogen-bond donors (Lipinski definition) is 0. The third-order valence-electron chi connectivity index (χ3n) is 4.41. The van der Waals surface area contributed by atoms with Gasteiger partial charge in [0.15, 0.2) is 5.17 Å². The van der Waals surface area contributed by atoms with E-state index in [0.717, 1.165) is 23.7 Å². The van der Waals surface area contributed by atoms with Gasteiger partial charge in [0.05, 0.1) is 14.7 Å². The van der Waals surface area contributed by atoms with E-state index >= 15 is 0 Å². The number of amidine groups is 1. The van der Waals surface area contributed by atoms with Gasteiger partial charge in [0.25, 0.3) is 21.6 Å². The van der Waals surface area contributed by atoms with Crippen LogP contribution in [-0.4, -0.2) is 35.9 Å². The van der Waals surface area contributed by atoms with Gasteiger partial charge in [0.1, 0.15) is 0 Å². The number of rotatable bonds is 7. The van der Waals surface area contributed by atoms with Gasteiger partial charge in [0.2, 0.25) is 0 Å². The first-order chi connectivity index (χ1) is 14.7. The number of nitrogens with zero attached hydrogens (tertiary/aromatic N) is 3. The van der Waals surface area contributed by atoms with Crippen molar-refractivity contribution < 1.29 is 18.1 Å². The molecule has 1 aliphatic heterocycles. The van der Waals surface area contributed by atoms with Gasteiger partial charge in [-0.1, -0.05) is 37.3 Å². The number of amides is 1. The normalized spacial score (nSPS) is 16.8. The Morgan fingerprint density at radius 1 is 1.23 bits per heavy atom. The third-order valence-corrected chi connectivity index (χ3v) is 6.81. The van der Waals surface area contributed by atoms with Gasteiger partial charge >= 0.3 is 0 Å². The Hall–Kier alpha value is -3.24. The number of sulfonamides is 1. The average molecular weight is 458 g/mol. The zero-order valence-corrected chi connectivity index (χ0v) is 18.2. The minimum absolute atomic E-state index is 0.00106. The lowest BCUT2D eigenvalue weighted by atomic mass is 10.2. The number of carbonyl (C=O) groups is 1. The van der Waals surface area contributed by atoms with Crippen LogP contribution < -0.4 is 0 Å². The Balaban J connectivity index is 1.98. The van der Waals surface area contributed by atoms with E-state index in [1.54, 1.807) is 18.2 Å². The number of thioether (sulfide) groups is 1. The Bertz CT molecular complexity index is 1200. The topological polar surface area (TPSA) is 110 Å². The molecule has 0 atom stereocenters. The minimum Gasteiger partial charge on any atom is -0.282 e. The fourth-order valence-electron chi connectivity index (χ4n) is 2.80. The van der Waals surface area contributed by atoms with Gasteiger partial charge < -0.3 is 0 Å². The Labute approximate surface area is 184 Å². The van der Waals surface area contributed by atoms with Crippen LogP contribution in [0.1, 0.15) is 18.1 Å². The maximum atomic E-state index is 12.8. The van der Waals surface area contributed by atoms with Crippen LogP contribution in [0.4, 0.5) is 5.69 Å². The van der Waals surface area contributed by atoms with Crippen LogP contribution in [-0.2, 0) is 21.2 Å². The van der Waals surface area contributed by atoms with Crippen molar-refractivity contribution in [2.45, 2.75) is 18.2 Å². The van der Waals surface area contributed by atoms with Gasteiger partial charge in [-0.25, -0.2) is 0 Å². The second kappa shape index (κ2) is 9.27. The molecule has 1 heterocycles. The number of nitro groups is 1. The number of aryl methyl sites for hydroxylation is 1. The molecule has 160 valence electrons.